The first-order valence-corrected chi connectivity index (χ1v) is 6.77. The fourth-order valence-electron chi connectivity index (χ4n) is 2.30. The number of hydrogen-bond donors (Lipinski definition) is 2. The van der Waals surface area contributed by atoms with Crippen LogP contribution in [0.1, 0.15) is 48.0 Å². The summed E-state index contributed by atoms with van der Waals surface area (Å²) in [5.41, 5.74) is 0.421. The Bertz CT molecular complexity index is 420. The molecule has 0 bridgehead atoms. The van der Waals surface area contributed by atoms with Crippen LogP contribution in [0.4, 0.5) is 0 Å². The van der Waals surface area contributed by atoms with Gasteiger partial charge in [-0.05, 0) is 44.7 Å². The van der Waals surface area contributed by atoms with Crippen LogP contribution in [0.15, 0.2) is 10.7 Å². The van der Waals surface area contributed by atoms with Crippen molar-refractivity contribution >= 4 is 5.91 Å². The Labute approximate surface area is 106 Å². The van der Waals surface area contributed by atoms with Gasteiger partial charge in [0.25, 0.3) is 5.91 Å². The van der Waals surface area contributed by atoms with E-state index in [0.717, 1.165) is 32.5 Å². The molecule has 1 saturated heterocycles. The number of oxazole rings is 1. The SMILES string of the molecule is O=C(NCC1CC1)c1coc(C2CCNCC2)n1. The van der Waals surface area contributed by atoms with E-state index in [9.17, 15) is 4.79 Å². The summed E-state index contributed by atoms with van der Waals surface area (Å²) in [6.07, 6.45) is 6.02. The third-order valence-corrected chi connectivity index (χ3v) is 3.69. The molecule has 1 aliphatic carbocycles. The normalized spacial score (nSPS) is 20.9. The summed E-state index contributed by atoms with van der Waals surface area (Å²) in [6, 6.07) is 0. The van der Waals surface area contributed by atoms with Gasteiger partial charge in [0.05, 0.1) is 0 Å². The van der Waals surface area contributed by atoms with E-state index in [1.807, 2.05) is 0 Å². The van der Waals surface area contributed by atoms with E-state index in [1.54, 1.807) is 0 Å². The zero-order chi connectivity index (χ0) is 12.4. The van der Waals surface area contributed by atoms with Crippen molar-refractivity contribution in [3.05, 3.63) is 17.8 Å². The molecule has 1 aromatic heterocycles. The van der Waals surface area contributed by atoms with E-state index in [4.69, 9.17) is 4.42 Å². The fourth-order valence-corrected chi connectivity index (χ4v) is 2.30. The molecule has 2 aliphatic rings. The zero-order valence-corrected chi connectivity index (χ0v) is 10.4. The molecule has 2 N–H and O–H groups in total. The molecule has 18 heavy (non-hydrogen) atoms. The average molecular weight is 249 g/mol. The lowest BCUT2D eigenvalue weighted by Gasteiger charge is -2.19. The van der Waals surface area contributed by atoms with Crippen LogP contribution in [0.5, 0.6) is 0 Å². The molecule has 1 aliphatic heterocycles. The third-order valence-electron chi connectivity index (χ3n) is 3.69. The highest BCUT2D eigenvalue weighted by Crippen LogP contribution is 2.28. The van der Waals surface area contributed by atoms with Crippen LogP contribution in [0.2, 0.25) is 0 Å². The highest BCUT2D eigenvalue weighted by Gasteiger charge is 2.24. The third kappa shape index (κ3) is 2.72. The topological polar surface area (TPSA) is 67.2 Å². The van der Waals surface area contributed by atoms with Gasteiger partial charge in [-0.1, -0.05) is 0 Å². The Kier molecular flexibility index (Phi) is 3.32. The smallest absolute Gasteiger partial charge is 0.273 e. The summed E-state index contributed by atoms with van der Waals surface area (Å²) in [5.74, 6) is 1.65. The second-order valence-electron chi connectivity index (χ2n) is 5.25. The Morgan fingerprint density at radius 2 is 2.17 bits per heavy atom. The standard InChI is InChI=1S/C13H19N3O2/c17-12(15-7-9-1-2-9)11-8-18-13(16-11)10-3-5-14-6-4-10/h8-10,14H,1-7H2,(H,15,17). The minimum absolute atomic E-state index is 0.106. The predicted molar refractivity (Wildman–Crippen MR) is 66.4 cm³/mol. The number of rotatable bonds is 4. The molecule has 0 atom stereocenters. The predicted octanol–water partition coefficient (Wildman–Crippen LogP) is 1.28. The Hall–Kier alpha value is -1.36. The molecule has 5 heteroatoms. The van der Waals surface area contributed by atoms with Gasteiger partial charge in [-0.2, -0.15) is 0 Å². The average Bonchev–Trinajstić information content (AvgIpc) is 3.11. The largest absolute Gasteiger partial charge is 0.448 e. The van der Waals surface area contributed by atoms with Gasteiger partial charge in [-0.15, -0.1) is 0 Å². The molecule has 0 spiro atoms. The second kappa shape index (κ2) is 5.10. The van der Waals surface area contributed by atoms with Gasteiger partial charge in [-0.3, -0.25) is 4.79 Å². The minimum atomic E-state index is -0.106. The first kappa shape index (κ1) is 11.7. The first-order chi connectivity index (χ1) is 8.83. The molecule has 1 saturated carbocycles. The minimum Gasteiger partial charge on any atom is -0.448 e. The highest BCUT2D eigenvalue weighted by atomic mass is 16.3. The summed E-state index contributed by atoms with van der Waals surface area (Å²) in [7, 11) is 0. The van der Waals surface area contributed by atoms with Gasteiger partial charge >= 0.3 is 0 Å². The van der Waals surface area contributed by atoms with Gasteiger partial charge in [-0.25, -0.2) is 4.98 Å². The van der Waals surface area contributed by atoms with E-state index >= 15 is 0 Å². The molecular weight excluding hydrogens is 230 g/mol. The van der Waals surface area contributed by atoms with Crippen molar-refractivity contribution in [3.63, 3.8) is 0 Å². The lowest BCUT2D eigenvalue weighted by atomic mass is 9.98. The van der Waals surface area contributed by atoms with E-state index in [2.05, 4.69) is 15.6 Å². The number of carbonyl (C=O) groups is 1. The van der Waals surface area contributed by atoms with E-state index < -0.39 is 0 Å². The molecule has 5 nitrogen and oxygen atoms in total. The van der Waals surface area contributed by atoms with Crippen molar-refractivity contribution in [1.82, 2.24) is 15.6 Å². The summed E-state index contributed by atoms with van der Waals surface area (Å²) < 4.78 is 5.45. The van der Waals surface area contributed by atoms with Crippen LogP contribution < -0.4 is 10.6 Å². The number of nitrogens with zero attached hydrogens (tertiary/aromatic N) is 1. The van der Waals surface area contributed by atoms with Crippen LogP contribution in [0.25, 0.3) is 0 Å². The maximum atomic E-state index is 11.8. The van der Waals surface area contributed by atoms with Crippen LogP contribution >= 0.6 is 0 Å². The molecule has 98 valence electrons. The van der Waals surface area contributed by atoms with Crippen LogP contribution in [0.3, 0.4) is 0 Å². The Morgan fingerprint density at radius 3 is 2.89 bits per heavy atom. The highest BCUT2D eigenvalue weighted by molar-refractivity contribution is 5.91. The second-order valence-corrected chi connectivity index (χ2v) is 5.25. The fraction of sp³-hybridized carbons (Fsp3) is 0.692. The molecule has 1 amide bonds. The van der Waals surface area contributed by atoms with E-state index in [1.165, 1.54) is 19.1 Å². The molecule has 0 radical (unpaired) electrons. The van der Waals surface area contributed by atoms with Gasteiger partial charge < -0.3 is 15.1 Å². The summed E-state index contributed by atoms with van der Waals surface area (Å²) >= 11 is 0. The van der Waals surface area contributed by atoms with Crippen molar-refractivity contribution < 1.29 is 9.21 Å². The van der Waals surface area contributed by atoms with Crippen molar-refractivity contribution in [2.75, 3.05) is 19.6 Å². The van der Waals surface area contributed by atoms with Crippen LogP contribution in [-0.2, 0) is 0 Å². The number of carbonyl (C=O) groups excluding carboxylic acids is 1. The number of amides is 1. The van der Waals surface area contributed by atoms with Crippen molar-refractivity contribution in [2.45, 2.75) is 31.6 Å². The maximum absolute atomic E-state index is 11.8. The number of aromatic nitrogens is 1. The quantitative estimate of drug-likeness (QED) is 0.843. The Morgan fingerprint density at radius 1 is 1.39 bits per heavy atom. The lowest BCUT2D eigenvalue weighted by Crippen LogP contribution is -2.27. The molecule has 2 heterocycles. The first-order valence-electron chi connectivity index (χ1n) is 6.77. The van der Waals surface area contributed by atoms with Crippen molar-refractivity contribution in [3.8, 4) is 0 Å². The number of piperidine rings is 1. The summed E-state index contributed by atoms with van der Waals surface area (Å²) in [4.78, 5) is 16.2. The molecule has 0 aromatic carbocycles. The number of hydrogen-bond acceptors (Lipinski definition) is 4. The van der Waals surface area contributed by atoms with E-state index in [0.29, 0.717) is 23.4 Å². The van der Waals surface area contributed by atoms with Crippen LogP contribution in [-0.4, -0.2) is 30.5 Å². The Balaban J connectivity index is 1.58. The van der Waals surface area contributed by atoms with Gasteiger partial charge in [0.1, 0.15) is 6.26 Å². The van der Waals surface area contributed by atoms with Gasteiger partial charge in [0.15, 0.2) is 11.6 Å². The van der Waals surface area contributed by atoms with Crippen molar-refractivity contribution in [2.24, 2.45) is 5.92 Å². The zero-order valence-electron chi connectivity index (χ0n) is 10.4. The van der Waals surface area contributed by atoms with Gasteiger partial charge in [0.2, 0.25) is 0 Å². The van der Waals surface area contributed by atoms with Crippen molar-refractivity contribution in [1.29, 1.82) is 0 Å². The van der Waals surface area contributed by atoms with Crippen LogP contribution in [0, 0.1) is 5.92 Å². The summed E-state index contributed by atoms with van der Waals surface area (Å²) in [6.45, 7) is 2.76. The molecule has 0 unspecified atom stereocenters. The monoisotopic (exact) mass is 249 g/mol. The molecular formula is C13H19N3O2. The number of nitrogens with one attached hydrogen (secondary N) is 2. The molecule has 1 aromatic rings. The van der Waals surface area contributed by atoms with Gasteiger partial charge in [0, 0.05) is 12.5 Å². The molecule has 2 fully saturated rings. The lowest BCUT2D eigenvalue weighted by molar-refractivity contribution is 0.0946. The summed E-state index contributed by atoms with van der Waals surface area (Å²) in [5, 5.41) is 6.21. The van der Waals surface area contributed by atoms with E-state index in [-0.39, 0.29) is 5.91 Å². The molecule has 3 rings (SSSR count). The maximum Gasteiger partial charge on any atom is 0.273 e.